The lowest BCUT2D eigenvalue weighted by atomic mass is 9.62. The van der Waals surface area contributed by atoms with Crippen LogP contribution in [0.3, 0.4) is 0 Å². The molecule has 2 heterocycles. The third-order valence-corrected chi connectivity index (χ3v) is 9.14. The number of esters is 1. The van der Waals surface area contributed by atoms with Gasteiger partial charge in [-0.25, -0.2) is 4.39 Å². The third-order valence-electron chi connectivity index (χ3n) is 8.62. The Hall–Kier alpha value is -2.72. The van der Waals surface area contributed by atoms with E-state index in [-0.39, 0.29) is 46.4 Å². The van der Waals surface area contributed by atoms with Crippen LogP contribution in [0.4, 0.5) is 10.1 Å². The van der Waals surface area contributed by atoms with Crippen LogP contribution in [0, 0.1) is 17.2 Å². The van der Waals surface area contributed by atoms with Crippen LogP contribution in [0.5, 0.6) is 0 Å². The first-order valence-corrected chi connectivity index (χ1v) is 15.9. The van der Waals surface area contributed by atoms with Gasteiger partial charge in [-0.3, -0.25) is 14.4 Å². The SMILES string of the molecule is CC(C)C(N)C(=O)O[C@@H](C)CCCNC(=O)[C@@H]1N[C@H](CC(C)(C)C)[C@]2(C(=O)Nc3cc(Cl)ccc32)[C@H]1c1cccc(Cl)c1F. The molecule has 44 heavy (non-hydrogen) atoms. The number of hydrogen-bond donors (Lipinski definition) is 4. The monoisotopic (exact) mass is 648 g/mol. The Kier molecular flexibility index (Phi) is 10.3. The molecule has 1 fully saturated rings. The Balaban J connectivity index is 1.65. The second-order valence-electron chi connectivity index (χ2n) is 13.5. The van der Waals surface area contributed by atoms with E-state index in [4.69, 9.17) is 33.7 Å². The quantitative estimate of drug-likeness (QED) is 0.194. The summed E-state index contributed by atoms with van der Waals surface area (Å²) >= 11 is 12.6. The summed E-state index contributed by atoms with van der Waals surface area (Å²) in [7, 11) is 0. The van der Waals surface area contributed by atoms with Crippen LogP contribution in [-0.4, -0.2) is 48.6 Å². The number of anilines is 1. The molecule has 2 aromatic carbocycles. The molecule has 6 atom stereocenters. The molecule has 4 rings (SSSR count). The lowest BCUT2D eigenvalue weighted by Crippen LogP contribution is -2.49. The largest absolute Gasteiger partial charge is 0.462 e. The van der Waals surface area contributed by atoms with E-state index >= 15 is 4.39 Å². The highest BCUT2D eigenvalue weighted by atomic mass is 35.5. The number of carbonyl (C=O) groups excluding carboxylic acids is 3. The highest BCUT2D eigenvalue weighted by molar-refractivity contribution is 6.31. The number of carbonyl (C=O) groups is 3. The number of nitrogens with one attached hydrogen (secondary N) is 3. The molecule has 2 aromatic rings. The van der Waals surface area contributed by atoms with Crippen LogP contribution in [-0.2, 0) is 24.5 Å². The number of halogens is 3. The Morgan fingerprint density at radius 2 is 1.86 bits per heavy atom. The maximum Gasteiger partial charge on any atom is 0.323 e. The molecule has 1 spiro atoms. The summed E-state index contributed by atoms with van der Waals surface area (Å²) in [6, 6.07) is 7.67. The first kappa shape index (κ1) is 34.2. The van der Waals surface area contributed by atoms with E-state index < -0.39 is 41.2 Å². The lowest BCUT2D eigenvalue weighted by Gasteiger charge is -2.37. The number of hydrogen-bond acceptors (Lipinski definition) is 6. The van der Waals surface area contributed by atoms with Crippen LogP contribution in [0.15, 0.2) is 36.4 Å². The van der Waals surface area contributed by atoms with Crippen molar-refractivity contribution in [1.82, 2.24) is 10.6 Å². The molecule has 2 aliphatic heterocycles. The average Bonchev–Trinajstić information content (AvgIpc) is 3.40. The van der Waals surface area contributed by atoms with Crippen molar-refractivity contribution < 1.29 is 23.5 Å². The summed E-state index contributed by atoms with van der Waals surface area (Å²) in [6.07, 6.45) is 1.17. The van der Waals surface area contributed by atoms with Gasteiger partial charge in [0, 0.05) is 29.2 Å². The number of fused-ring (bicyclic) bond motifs is 2. The minimum atomic E-state index is -1.32. The Morgan fingerprint density at radius 1 is 1.16 bits per heavy atom. The van der Waals surface area contributed by atoms with Gasteiger partial charge in [-0.15, -0.1) is 0 Å². The van der Waals surface area contributed by atoms with Crippen molar-refractivity contribution in [3.05, 3.63) is 63.4 Å². The summed E-state index contributed by atoms with van der Waals surface area (Å²) in [4.78, 5) is 40.4. The Morgan fingerprint density at radius 3 is 2.52 bits per heavy atom. The second kappa shape index (κ2) is 13.3. The average molecular weight is 650 g/mol. The first-order valence-electron chi connectivity index (χ1n) is 15.1. The van der Waals surface area contributed by atoms with E-state index in [1.165, 1.54) is 6.07 Å². The van der Waals surface area contributed by atoms with Gasteiger partial charge < -0.3 is 26.4 Å². The highest BCUT2D eigenvalue weighted by Gasteiger charge is 2.66. The number of rotatable bonds is 10. The molecule has 1 saturated heterocycles. The van der Waals surface area contributed by atoms with E-state index in [0.717, 1.165) is 0 Å². The van der Waals surface area contributed by atoms with Crippen molar-refractivity contribution in [2.24, 2.45) is 17.1 Å². The molecule has 0 aliphatic carbocycles. The van der Waals surface area contributed by atoms with Crippen LogP contribution in [0.25, 0.3) is 0 Å². The van der Waals surface area contributed by atoms with Crippen molar-refractivity contribution >= 4 is 46.7 Å². The number of amides is 2. The summed E-state index contributed by atoms with van der Waals surface area (Å²) in [5.41, 5.74) is 5.71. The van der Waals surface area contributed by atoms with Crippen molar-refractivity contribution in [3.8, 4) is 0 Å². The molecule has 1 unspecified atom stereocenters. The van der Waals surface area contributed by atoms with Crippen molar-refractivity contribution in [2.45, 2.75) is 96.4 Å². The maximum atomic E-state index is 15.9. The van der Waals surface area contributed by atoms with Gasteiger partial charge in [-0.1, -0.05) is 76.0 Å². The third kappa shape index (κ3) is 6.76. The molecule has 0 radical (unpaired) electrons. The van der Waals surface area contributed by atoms with Gasteiger partial charge in [-0.05, 0) is 66.8 Å². The second-order valence-corrected chi connectivity index (χ2v) is 14.4. The summed E-state index contributed by atoms with van der Waals surface area (Å²) in [6.45, 7) is 11.9. The fourth-order valence-corrected chi connectivity index (χ4v) is 6.83. The maximum absolute atomic E-state index is 15.9. The molecule has 0 aromatic heterocycles. The van der Waals surface area contributed by atoms with Gasteiger partial charge in [0.15, 0.2) is 0 Å². The van der Waals surface area contributed by atoms with Crippen molar-refractivity contribution in [3.63, 3.8) is 0 Å². The van der Waals surface area contributed by atoms with Gasteiger partial charge >= 0.3 is 5.97 Å². The topological polar surface area (TPSA) is 123 Å². The van der Waals surface area contributed by atoms with Gasteiger partial charge in [0.25, 0.3) is 0 Å². The number of ether oxygens (including phenoxy) is 1. The Labute approximate surface area is 269 Å². The van der Waals surface area contributed by atoms with Crippen molar-refractivity contribution in [2.75, 3.05) is 11.9 Å². The zero-order valence-electron chi connectivity index (χ0n) is 26.1. The Bertz CT molecular complexity index is 1410. The lowest BCUT2D eigenvalue weighted by molar-refractivity contribution is -0.151. The standard InChI is InChI=1S/C33H43Cl2FN4O4/c1-17(2)27(37)30(42)44-18(3)9-8-14-38-29(41)28-25(20-10-7-11-22(35)26(20)36)33(24(40-28)16-32(4,5)6)21-13-12-19(34)15-23(21)39-31(33)43/h7,10-13,15,17-18,24-25,27-28,40H,8-9,14,16,37H2,1-6H3,(H,38,41)(H,39,43)/t18-,24+,25-,27?,28+,33-/m0/s1. The normalized spacial score (nSPS) is 24.2. The van der Waals surface area contributed by atoms with E-state index in [1.807, 2.05) is 13.8 Å². The van der Waals surface area contributed by atoms with Crippen LogP contribution >= 0.6 is 23.2 Å². The molecule has 240 valence electrons. The highest BCUT2D eigenvalue weighted by Crippen LogP contribution is 2.57. The summed E-state index contributed by atoms with van der Waals surface area (Å²) in [5.74, 6) is -2.78. The summed E-state index contributed by atoms with van der Waals surface area (Å²) in [5, 5.41) is 9.76. The molecule has 2 aliphatic rings. The minimum Gasteiger partial charge on any atom is -0.462 e. The molecular formula is C33H43Cl2FN4O4. The van der Waals surface area contributed by atoms with Gasteiger partial charge in [0.05, 0.1) is 17.2 Å². The smallest absolute Gasteiger partial charge is 0.323 e. The van der Waals surface area contributed by atoms with Crippen molar-refractivity contribution in [1.29, 1.82) is 0 Å². The molecule has 5 N–H and O–H groups in total. The zero-order chi connectivity index (χ0) is 32.6. The first-order chi connectivity index (χ1) is 20.6. The minimum absolute atomic E-state index is 0.0403. The molecule has 0 saturated carbocycles. The van der Waals surface area contributed by atoms with Crippen LogP contribution in [0.1, 0.15) is 77.8 Å². The van der Waals surface area contributed by atoms with Gasteiger partial charge in [0.1, 0.15) is 17.3 Å². The van der Waals surface area contributed by atoms with E-state index in [2.05, 4.69) is 36.7 Å². The van der Waals surface area contributed by atoms with Crippen LogP contribution < -0.4 is 21.7 Å². The summed E-state index contributed by atoms with van der Waals surface area (Å²) < 4.78 is 21.3. The predicted octanol–water partition coefficient (Wildman–Crippen LogP) is 5.69. The van der Waals surface area contributed by atoms with Crippen LogP contribution in [0.2, 0.25) is 10.0 Å². The van der Waals surface area contributed by atoms with E-state index in [1.54, 1.807) is 37.3 Å². The number of benzene rings is 2. The fourth-order valence-electron chi connectivity index (χ4n) is 6.47. The molecule has 11 heteroatoms. The predicted molar refractivity (Wildman–Crippen MR) is 171 cm³/mol. The van der Waals surface area contributed by atoms with E-state index in [0.29, 0.717) is 35.5 Å². The zero-order valence-corrected chi connectivity index (χ0v) is 27.6. The fraction of sp³-hybridized carbons (Fsp3) is 0.545. The molecular weight excluding hydrogens is 606 g/mol. The van der Waals surface area contributed by atoms with Gasteiger partial charge in [-0.2, -0.15) is 0 Å². The molecule has 8 nitrogen and oxygen atoms in total. The molecule has 0 bridgehead atoms. The number of nitrogens with two attached hydrogens (primary N) is 1. The molecule has 2 amide bonds. The van der Waals surface area contributed by atoms with E-state index in [9.17, 15) is 14.4 Å². The van der Waals surface area contributed by atoms with Gasteiger partial charge in [0.2, 0.25) is 11.8 Å².